The molecule has 0 aliphatic heterocycles. The van der Waals surface area contributed by atoms with E-state index >= 15 is 0 Å². The van der Waals surface area contributed by atoms with Crippen molar-refractivity contribution in [3.63, 3.8) is 0 Å². The number of nitrogens with two attached hydrogens (primary N) is 1. The maximum absolute atomic E-state index is 5.46. The first-order chi connectivity index (χ1) is 8.63. The minimum absolute atomic E-state index is 0.351. The number of thiophene rings is 1. The van der Waals surface area contributed by atoms with E-state index in [2.05, 4.69) is 48.3 Å². The highest BCUT2D eigenvalue weighted by Crippen LogP contribution is 2.28. The van der Waals surface area contributed by atoms with E-state index in [9.17, 15) is 0 Å². The molecule has 5 heteroatoms. The molecule has 0 spiro atoms. The largest absolute Gasteiger partial charge is 0.308 e. The summed E-state index contributed by atoms with van der Waals surface area (Å²) < 4.78 is 0. The predicted octanol–water partition coefficient (Wildman–Crippen LogP) is 3.18. The summed E-state index contributed by atoms with van der Waals surface area (Å²) in [6.07, 6.45) is 1.04. The third-order valence-corrected chi connectivity index (χ3v) is 3.94. The second-order valence-electron chi connectivity index (χ2n) is 4.42. The highest BCUT2D eigenvalue weighted by molar-refractivity contribution is 7.15. The van der Waals surface area contributed by atoms with Crippen LogP contribution in [0.2, 0.25) is 0 Å². The van der Waals surface area contributed by atoms with Gasteiger partial charge in [0.15, 0.2) is 5.82 Å². The number of nitrogen functional groups attached to an aromatic ring is 1. The lowest BCUT2D eigenvalue weighted by Gasteiger charge is -2.08. The molecule has 0 atom stereocenters. The number of aromatic nitrogens is 2. The fourth-order valence-electron chi connectivity index (χ4n) is 1.63. The SMILES string of the molecule is CCc1ccc(-c2nc(NN)cc(C(C)C)n2)s1. The van der Waals surface area contributed by atoms with Gasteiger partial charge in [0.1, 0.15) is 5.82 Å². The molecular formula is C13H18N4S. The van der Waals surface area contributed by atoms with Crippen molar-refractivity contribution in [1.82, 2.24) is 9.97 Å². The van der Waals surface area contributed by atoms with E-state index in [-0.39, 0.29) is 0 Å². The van der Waals surface area contributed by atoms with E-state index in [4.69, 9.17) is 5.84 Å². The molecular weight excluding hydrogens is 244 g/mol. The monoisotopic (exact) mass is 262 g/mol. The van der Waals surface area contributed by atoms with Crippen molar-refractivity contribution in [3.8, 4) is 10.7 Å². The molecule has 3 N–H and O–H groups in total. The maximum Gasteiger partial charge on any atom is 0.171 e. The molecule has 2 aromatic rings. The number of hydrogen-bond donors (Lipinski definition) is 2. The Morgan fingerprint density at radius 3 is 2.67 bits per heavy atom. The number of aryl methyl sites for hydroxylation is 1. The minimum atomic E-state index is 0.351. The van der Waals surface area contributed by atoms with E-state index in [0.29, 0.717) is 11.7 Å². The van der Waals surface area contributed by atoms with Crippen LogP contribution in [0.15, 0.2) is 18.2 Å². The van der Waals surface area contributed by atoms with Gasteiger partial charge < -0.3 is 5.43 Å². The van der Waals surface area contributed by atoms with Crippen LogP contribution in [0.25, 0.3) is 10.7 Å². The van der Waals surface area contributed by atoms with Crippen LogP contribution in [0.5, 0.6) is 0 Å². The van der Waals surface area contributed by atoms with Gasteiger partial charge in [0.05, 0.1) is 4.88 Å². The van der Waals surface area contributed by atoms with Crippen LogP contribution in [0.1, 0.15) is 37.3 Å². The van der Waals surface area contributed by atoms with Gasteiger partial charge in [-0.2, -0.15) is 0 Å². The van der Waals surface area contributed by atoms with Crippen molar-refractivity contribution < 1.29 is 0 Å². The number of hydrogen-bond acceptors (Lipinski definition) is 5. The van der Waals surface area contributed by atoms with Crippen LogP contribution in [-0.4, -0.2) is 9.97 Å². The van der Waals surface area contributed by atoms with Gasteiger partial charge in [0, 0.05) is 16.6 Å². The standard InChI is InChI=1S/C13H18N4S/c1-4-9-5-6-11(18-9)13-15-10(8(2)3)7-12(16-13)17-14/h5-8H,4,14H2,1-3H3,(H,15,16,17). The Labute approximate surface area is 111 Å². The minimum Gasteiger partial charge on any atom is -0.308 e. The zero-order valence-corrected chi connectivity index (χ0v) is 11.7. The van der Waals surface area contributed by atoms with E-state index in [1.165, 1.54) is 4.88 Å². The molecule has 4 nitrogen and oxygen atoms in total. The van der Waals surface area contributed by atoms with Gasteiger partial charge in [-0.3, -0.25) is 0 Å². The third-order valence-electron chi connectivity index (χ3n) is 2.72. The molecule has 0 amide bonds. The van der Waals surface area contributed by atoms with E-state index in [0.717, 1.165) is 22.8 Å². The molecule has 0 fully saturated rings. The highest BCUT2D eigenvalue weighted by Gasteiger charge is 2.10. The molecule has 0 unspecified atom stereocenters. The van der Waals surface area contributed by atoms with Gasteiger partial charge in [0.25, 0.3) is 0 Å². The first kappa shape index (κ1) is 13.0. The molecule has 96 valence electrons. The number of nitrogens with zero attached hydrogens (tertiary/aromatic N) is 2. The quantitative estimate of drug-likeness (QED) is 0.656. The number of hydrazine groups is 1. The van der Waals surface area contributed by atoms with Gasteiger partial charge in [-0.05, 0) is 24.5 Å². The van der Waals surface area contributed by atoms with Gasteiger partial charge in [-0.25, -0.2) is 15.8 Å². The van der Waals surface area contributed by atoms with Crippen molar-refractivity contribution in [2.45, 2.75) is 33.1 Å². The second kappa shape index (κ2) is 5.46. The molecule has 18 heavy (non-hydrogen) atoms. The zero-order valence-electron chi connectivity index (χ0n) is 10.9. The maximum atomic E-state index is 5.46. The number of rotatable bonds is 4. The first-order valence-electron chi connectivity index (χ1n) is 6.08. The molecule has 2 heterocycles. The Bertz CT molecular complexity index is 534. The molecule has 0 aromatic carbocycles. The first-order valence-corrected chi connectivity index (χ1v) is 6.90. The molecule has 0 aliphatic rings. The Hall–Kier alpha value is -1.46. The van der Waals surface area contributed by atoms with Crippen molar-refractivity contribution in [3.05, 3.63) is 28.8 Å². The van der Waals surface area contributed by atoms with Gasteiger partial charge in [-0.15, -0.1) is 11.3 Å². The van der Waals surface area contributed by atoms with Gasteiger partial charge >= 0.3 is 0 Å². The summed E-state index contributed by atoms with van der Waals surface area (Å²) in [5.74, 6) is 7.22. The Morgan fingerprint density at radius 2 is 2.11 bits per heavy atom. The smallest absolute Gasteiger partial charge is 0.171 e. The van der Waals surface area contributed by atoms with Crippen LogP contribution in [0, 0.1) is 0 Å². The van der Waals surface area contributed by atoms with E-state index in [1.54, 1.807) is 11.3 Å². The van der Waals surface area contributed by atoms with E-state index in [1.807, 2.05) is 6.07 Å². The number of anilines is 1. The Balaban J connectivity index is 2.45. The average Bonchev–Trinajstić information content (AvgIpc) is 2.86. The zero-order chi connectivity index (χ0) is 13.1. The van der Waals surface area contributed by atoms with Crippen molar-refractivity contribution in [1.29, 1.82) is 0 Å². The molecule has 0 radical (unpaired) electrons. The Kier molecular flexibility index (Phi) is 3.93. The van der Waals surface area contributed by atoms with Crippen LogP contribution < -0.4 is 11.3 Å². The summed E-state index contributed by atoms with van der Waals surface area (Å²) in [7, 11) is 0. The van der Waals surface area contributed by atoms with Gasteiger partial charge in [0.2, 0.25) is 0 Å². The van der Waals surface area contributed by atoms with Gasteiger partial charge in [-0.1, -0.05) is 20.8 Å². The summed E-state index contributed by atoms with van der Waals surface area (Å²) >= 11 is 1.73. The van der Waals surface area contributed by atoms with E-state index < -0.39 is 0 Å². The number of nitrogens with one attached hydrogen (secondary N) is 1. The van der Waals surface area contributed by atoms with Crippen molar-refractivity contribution >= 4 is 17.2 Å². The van der Waals surface area contributed by atoms with Crippen LogP contribution in [0.3, 0.4) is 0 Å². The normalized spacial score (nSPS) is 10.9. The van der Waals surface area contributed by atoms with Crippen molar-refractivity contribution in [2.75, 3.05) is 5.43 Å². The fourth-order valence-corrected chi connectivity index (χ4v) is 2.52. The molecule has 2 aromatic heterocycles. The van der Waals surface area contributed by atoms with Crippen molar-refractivity contribution in [2.24, 2.45) is 5.84 Å². The predicted molar refractivity (Wildman–Crippen MR) is 76.6 cm³/mol. The lowest BCUT2D eigenvalue weighted by molar-refractivity contribution is 0.817. The summed E-state index contributed by atoms with van der Waals surface area (Å²) in [4.78, 5) is 11.4. The molecule has 0 bridgehead atoms. The topological polar surface area (TPSA) is 63.8 Å². The highest BCUT2D eigenvalue weighted by atomic mass is 32.1. The summed E-state index contributed by atoms with van der Waals surface area (Å²) in [6.45, 7) is 6.37. The summed E-state index contributed by atoms with van der Waals surface area (Å²) in [5.41, 5.74) is 3.61. The Morgan fingerprint density at radius 1 is 1.33 bits per heavy atom. The summed E-state index contributed by atoms with van der Waals surface area (Å²) in [5, 5.41) is 0. The third kappa shape index (κ3) is 2.68. The molecule has 0 saturated heterocycles. The molecule has 0 saturated carbocycles. The van der Waals surface area contributed by atoms with Crippen LogP contribution in [-0.2, 0) is 6.42 Å². The lowest BCUT2D eigenvalue weighted by atomic mass is 10.1. The second-order valence-corrected chi connectivity index (χ2v) is 5.59. The molecule has 2 rings (SSSR count). The van der Waals surface area contributed by atoms with Crippen LogP contribution >= 0.6 is 11.3 Å². The summed E-state index contributed by atoms with van der Waals surface area (Å²) in [6, 6.07) is 6.09. The van der Waals surface area contributed by atoms with Crippen LogP contribution in [0.4, 0.5) is 5.82 Å². The average molecular weight is 262 g/mol. The molecule has 0 aliphatic carbocycles. The lowest BCUT2D eigenvalue weighted by Crippen LogP contribution is -2.10. The fraction of sp³-hybridized carbons (Fsp3) is 0.385.